The van der Waals surface area contributed by atoms with Crippen molar-refractivity contribution >= 4 is 11.6 Å². The lowest BCUT2D eigenvalue weighted by atomic mass is 9.86. The van der Waals surface area contributed by atoms with Gasteiger partial charge in [0.2, 0.25) is 0 Å². The Morgan fingerprint density at radius 3 is 2.22 bits per heavy atom. The third-order valence-electron chi connectivity index (χ3n) is 3.83. The smallest absolute Gasteiger partial charge is 0.258 e. The number of carbonyl (C=O) groups is 1. The molecule has 122 valence electrons. The SMILES string of the molecule is CCOc1ccccc1N(C)C(=O)c1ccc(C(C)(C)C)cc1. The highest BCUT2D eigenvalue weighted by molar-refractivity contribution is 6.06. The molecule has 0 saturated carbocycles. The van der Waals surface area contributed by atoms with Crippen LogP contribution in [0.25, 0.3) is 0 Å². The minimum atomic E-state index is -0.0439. The van der Waals surface area contributed by atoms with Crippen LogP contribution in [0, 0.1) is 0 Å². The summed E-state index contributed by atoms with van der Waals surface area (Å²) in [5, 5.41) is 0. The lowest BCUT2D eigenvalue weighted by molar-refractivity contribution is 0.0992. The molecule has 0 aromatic heterocycles. The molecule has 0 spiro atoms. The molecular weight excluding hydrogens is 286 g/mol. The van der Waals surface area contributed by atoms with Gasteiger partial charge in [-0.2, -0.15) is 0 Å². The fraction of sp³-hybridized carbons (Fsp3) is 0.350. The topological polar surface area (TPSA) is 29.5 Å². The molecule has 23 heavy (non-hydrogen) atoms. The van der Waals surface area contributed by atoms with Crippen LogP contribution in [0.3, 0.4) is 0 Å². The zero-order valence-electron chi connectivity index (χ0n) is 14.6. The molecule has 0 fully saturated rings. The molecule has 3 nitrogen and oxygen atoms in total. The van der Waals surface area contributed by atoms with E-state index in [4.69, 9.17) is 4.74 Å². The van der Waals surface area contributed by atoms with Crippen molar-refractivity contribution in [2.75, 3.05) is 18.6 Å². The van der Waals surface area contributed by atoms with E-state index in [2.05, 4.69) is 20.8 Å². The van der Waals surface area contributed by atoms with Gasteiger partial charge >= 0.3 is 0 Å². The molecule has 0 radical (unpaired) electrons. The minimum absolute atomic E-state index is 0.0439. The first-order valence-corrected chi connectivity index (χ1v) is 7.95. The molecule has 0 unspecified atom stereocenters. The summed E-state index contributed by atoms with van der Waals surface area (Å²) in [7, 11) is 1.78. The molecule has 0 bridgehead atoms. The van der Waals surface area contributed by atoms with Gasteiger partial charge < -0.3 is 9.64 Å². The molecule has 2 aromatic carbocycles. The highest BCUT2D eigenvalue weighted by atomic mass is 16.5. The van der Waals surface area contributed by atoms with E-state index in [0.29, 0.717) is 12.2 Å². The number of anilines is 1. The Hall–Kier alpha value is -2.29. The van der Waals surface area contributed by atoms with Gasteiger partial charge in [0.05, 0.1) is 12.3 Å². The number of hydrogen-bond acceptors (Lipinski definition) is 2. The third kappa shape index (κ3) is 3.92. The summed E-state index contributed by atoms with van der Waals surface area (Å²) >= 11 is 0. The molecule has 0 aliphatic rings. The van der Waals surface area contributed by atoms with E-state index in [1.165, 1.54) is 5.56 Å². The van der Waals surface area contributed by atoms with Crippen molar-refractivity contribution < 1.29 is 9.53 Å². The van der Waals surface area contributed by atoms with Gasteiger partial charge in [-0.15, -0.1) is 0 Å². The minimum Gasteiger partial charge on any atom is -0.492 e. The maximum Gasteiger partial charge on any atom is 0.258 e. The molecule has 0 aliphatic heterocycles. The molecular formula is C20H25NO2. The van der Waals surface area contributed by atoms with Gasteiger partial charge in [-0.05, 0) is 42.2 Å². The van der Waals surface area contributed by atoms with E-state index >= 15 is 0 Å². The van der Waals surface area contributed by atoms with Gasteiger partial charge in [-0.25, -0.2) is 0 Å². The predicted octanol–water partition coefficient (Wildman–Crippen LogP) is 4.66. The second-order valence-electron chi connectivity index (χ2n) is 6.59. The number of carbonyl (C=O) groups excluding carboxylic acids is 1. The zero-order valence-corrected chi connectivity index (χ0v) is 14.6. The summed E-state index contributed by atoms with van der Waals surface area (Å²) in [6, 6.07) is 15.4. The second-order valence-corrected chi connectivity index (χ2v) is 6.59. The van der Waals surface area contributed by atoms with E-state index in [9.17, 15) is 4.79 Å². The Kier molecular flexibility index (Phi) is 5.09. The summed E-state index contributed by atoms with van der Waals surface area (Å²) in [6.07, 6.45) is 0. The van der Waals surface area contributed by atoms with Crippen LogP contribution in [0.15, 0.2) is 48.5 Å². The first kappa shape index (κ1) is 17.1. The van der Waals surface area contributed by atoms with Gasteiger partial charge in [-0.1, -0.05) is 45.0 Å². The van der Waals surface area contributed by atoms with Crippen molar-refractivity contribution in [3.63, 3.8) is 0 Å². The Morgan fingerprint density at radius 1 is 1.04 bits per heavy atom. The normalized spacial score (nSPS) is 11.2. The van der Waals surface area contributed by atoms with Crippen molar-refractivity contribution in [3.8, 4) is 5.75 Å². The molecule has 0 atom stereocenters. The van der Waals surface area contributed by atoms with Gasteiger partial charge in [0.15, 0.2) is 0 Å². The van der Waals surface area contributed by atoms with E-state index in [0.717, 1.165) is 11.4 Å². The Bertz CT molecular complexity index is 669. The average molecular weight is 311 g/mol. The fourth-order valence-corrected chi connectivity index (χ4v) is 2.43. The summed E-state index contributed by atoms with van der Waals surface area (Å²) in [4.78, 5) is 14.4. The molecule has 0 N–H and O–H groups in total. The first-order valence-electron chi connectivity index (χ1n) is 7.95. The predicted molar refractivity (Wildman–Crippen MR) is 95.5 cm³/mol. The van der Waals surface area contributed by atoms with Gasteiger partial charge in [0.1, 0.15) is 5.75 Å². The van der Waals surface area contributed by atoms with Crippen LogP contribution in [-0.2, 0) is 5.41 Å². The highest BCUT2D eigenvalue weighted by Gasteiger charge is 2.18. The second kappa shape index (κ2) is 6.86. The van der Waals surface area contributed by atoms with E-state index in [1.54, 1.807) is 11.9 Å². The van der Waals surface area contributed by atoms with Crippen LogP contribution in [-0.4, -0.2) is 19.6 Å². The Balaban J connectivity index is 2.26. The average Bonchev–Trinajstić information content (AvgIpc) is 2.54. The largest absolute Gasteiger partial charge is 0.492 e. The van der Waals surface area contributed by atoms with Crippen molar-refractivity contribution in [1.29, 1.82) is 0 Å². The van der Waals surface area contributed by atoms with Crippen molar-refractivity contribution in [1.82, 2.24) is 0 Å². The van der Waals surface area contributed by atoms with Crippen molar-refractivity contribution in [2.45, 2.75) is 33.1 Å². The maximum absolute atomic E-state index is 12.7. The van der Waals surface area contributed by atoms with E-state index < -0.39 is 0 Å². The molecule has 0 saturated heterocycles. The summed E-state index contributed by atoms with van der Waals surface area (Å²) in [5.41, 5.74) is 2.74. The standard InChI is InChI=1S/C20H25NO2/c1-6-23-18-10-8-7-9-17(18)21(5)19(22)15-11-13-16(14-12-15)20(2,3)4/h7-14H,6H2,1-5H3. The quantitative estimate of drug-likeness (QED) is 0.822. The molecule has 0 heterocycles. The van der Waals surface area contributed by atoms with Crippen LogP contribution in [0.1, 0.15) is 43.6 Å². The monoisotopic (exact) mass is 311 g/mol. The highest BCUT2D eigenvalue weighted by Crippen LogP contribution is 2.29. The summed E-state index contributed by atoms with van der Waals surface area (Å²) in [5.74, 6) is 0.676. The Labute approximate surface area is 138 Å². The van der Waals surface area contributed by atoms with E-state index in [-0.39, 0.29) is 11.3 Å². The lowest BCUT2D eigenvalue weighted by Crippen LogP contribution is -2.26. The molecule has 3 heteroatoms. The van der Waals surface area contributed by atoms with Gasteiger partial charge in [0, 0.05) is 12.6 Å². The van der Waals surface area contributed by atoms with Gasteiger partial charge in [-0.3, -0.25) is 4.79 Å². The Morgan fingerprint density at radius 2 is 1.65 bits per heavy atom. The maximum atomic E-state index is 12.7. The summed E-state index contributed by atoms with van der Waals surface area (Å²) < 4.78 is 5.61. The molecule has 2 aromatic rings. The van der Waals surface area contributed by atoms with Crippen LogP contribution >= 0.6 is 0 Å². The number of nitrogens with zero attached hydrogens (tertiary/aromatic N) is 1. The number of para-hydroxylation sites is 2. The number of amides is 1. The molecule has 0 aliphatic carbocycles. The first-order chi connectivity index (χ1) is 10.8. The number of hydrogen-bond donors (Lipinski definition) is 0. The van der Waals surface area contributed by atoms with Crippen LogP contribution in [0.4, 0.5) is 5.69 Å². The lowest BCUT2D eigenvalue weighted by Gasteiger charge is -2.22. The van der Waals surface area contributed by atoms with Gasteiger partial charge in [0.25, 0.3) is 5.91 Å². The molecule has 1 amide bonds. The van der Waals surface area contributed by atoms with Crippen LogP contribution in [0.2, 0.25) is 0 Å². The number of rotatable bonds is 4. The van der Waals surface area contributed by atoms with E-state index in [1.807, 2.05) is 55.5 Å². The number of benzene rings is 2. The van der Waals surface area contributed by atoms with Crippen molar-refractivity contribution in [3.05, 3.63) is 59.7 Å². The summed E-state index contributed by atoms with van der Waals surface area (Å²) in [6.45, 7) is 8.99. The third-order valence-corrected chi connectivity index (χ3v) is 3.83. The zero-order chi connectivity index (χ0) is 17.0. The van der Waals surface area contributed by atoms with Crippen LogP contribution in [0.5, 0.6) is 5.75 Å². The van der Waals surface area contributed by atoms with Crippen molar-refractivity contribution in [2.24, 2.45) is 0 Å². The van der Waals surface area contributed by atoms with Crippen LogP contribution < -0.4 is 9.64 Å². The number of ether oxygens (including phenoxy) is 1. The fourth-order valence-electron chi connectivity index (χ4n) is 2.43. The molecule has 2 rings (SSSR count).